The summed E-state index contributed by atoms with van der Waals surface area (Å²) < 4.78 is 13.7. The number of aromatic nitrogens is 3. The van der Waals surface area contributed by atoms with Crippen molar-refractivity contribution in [2.45, 2.75) is 19.4 Å². The van der Waals surface area contributed by atoms with E-state index in [1.807, 2.05) is 12.1 Å². The van der Waals surface area contributed by atoms with E-state index in [2.05, 4.69) is 42.8 Å². The zero-order valence-electron chi connectivity index (χ0n) is 14.9. The number of halogens is 1. The summed E-state index contributed by atoms with van der Waals surface area (Å²) >= 11 is 0. The fourth-order valence-corrected chi connectivity index (χ4v) is 3.13. The monoisotopic (exact) mass is 364 g/mol. The summed E-state index contributed by atoms with van der Waals surface area (Å²) in [5.41, 5.74) is 2.72. The molecule has 0 bridgehead atoms. The lowest BCUT2D eigenvalue weighted by Gasteiger charge is -2.17. The molecule has 3 aromatic rings. The Balaban J connectivity index is 1.39. The van der Waals surface area contributed by atoms with Crippen LogP contribution in [0.4, 0.5) is 27.5 Å². The van der Waals surface area contributed by atoms with Crippen LogP contribution in [-0.2, 0) is 6.54 Å². The predicted octanol–water partition coefficient (Wildman–Crippen LogP) is 3.97. The normalized spacial score (nSPS) is 13.6. The first-order chi connectivity index (χ1) is 13.3. The molecule has 1 aliphatic rings. The topological polar surface area (TPSA) is 66.0 Å². The molecule has 0 spiro atoms. The third-order valence-corrected chi connectivity index (χ3v) is 4.56. The van der Waals surface area contributed by atoms with Crippen molar-refractivity contribution in [1.82, 2.24) is 15.2 Å². The maximum atomic E-state index is 13.7. The summed E-state index contributed by atoms with van der Waals surface area (Å²) in [6.07, 6.45) is 4.08. The lowest BCUT2D eigenvalue weighted by molar-refractivity contribution is 0.612. The highest BCUT2D eigenvalue weighted by Crippen LogP contribution is 2.23. The summed E-state index contributed by atoms with van der Waals surface area (Å²) in [4.78, 5) is 6.77. The van der Waals surface area contributed by atoms with E-state index in [4.69, 9.17) is 0 Å². The molecule has 0 aliphatic carbocycles. The second kappa shape index (κ2) is 7.99. The van der Waals surface area contributed by atoms with Crippen molar-refractivity contribution in [1.29, 1.82) is 0 Å². The van der Waals surface area contributed by atoms with Crippen LogP contribution in [0.15, 0.2) is 54.7 Å². The maximum absolute atomic E-state index is 13.7. The number of anilines is 4. The molecular formula is C20H21FN6. The molecule has 27 heavy (non-hydrogen) atoms. The minimum absolute atomic E-state index is 0.259. The van der Waals surface area contributed by atoms with Crippen molar-refractivity contribution in [3.05, 3.63) is 66.1 Å². The van der Waals surface area contributed by atoms with Gasteiger partial charge in [-0.3, -0.25) is 0 Å². The van der Waals surface area contributed by atoms with Crippen LogP contribution in [-0.4, -0.2) is 28.3 Å². The van der Waals surface area contributed by atoms with Crippen molar-refractivity contribution in [2.75, 3.05) is 28.6 Å². The average Bonchev–Trinajstić information content (AvgIpc) is 3.23. The molecule has 1 fully saturated rings. The van der Waals surface area contributed by atoms with Gasteiger partial charge in [-0.05, 0) is 43.2 Å². The van der Waals surface area contributed by atoms with Gasteiger partial charge in [-0.2, -0.15) is 10.1 Å². The third kappa shape index (κ3) is 4.31. The first-order valence-electron chi connectivity index (χ1n) is 9.07. The molecule has 1 aliphatic heterocycles. The molecular weight excluding hydrogens is 343 g/mol. The molecule has 0 radical (unpaired) electrons. The SMILES string of the molecule is Fc1ccccc1CNc1nncc(Nc2ccc(N3CCCC3)cc2)n1. The second-order valence-electron chi connectivity index (χ2n) is 6.48. The van der Waals surface area contributed by atoms with Crippen molar-refractivity contribution in [3.8, 4) is 0 Å². The zero-order chi connectivity index (χ0) is 18.5. The van der Waals surface area contributed by atoms with Crippen molar-refractivity contribution in [3.63, 3.8) is 0 Å². The summed E-state index contributed by atoms with van der Waals surface area (Å²) in [6, 6.07) is 14.9. The lowest BCUT2D eigenvalue weighted by Crippen LogP contribution is -2.17. The minimum Gasteiger partial charge on any atom is -0.372 e. The molecule has 0 amide bonds. The Labute approximate surface area is 157 Å². The maximum Gasteiger partial charge on any atom is 0.244 e. The number of nitrogens with one attached hydrogen (secondary N) is 2. The molecule has 0 saturated carbocycles. The molecule has 138 valence electrons. The molecule has 6 nitrogen and oxygen atoms in total. The second-order valence-corrected chi connectivity index (χ2v) is 6.48. The minimum atomic E-state index is -0.259. The Morgan fingerprint density at radius 2 is 1.78 bits per heavy atom. The van der Waals surface area contributed by atoms with Crippen LogP contribution in [0.25, 0.3) is 0 Å². The van der Waals surface area contributed by atoms with Crippen molar-refractivity contribution in [2.24, 2.45) is 0 Å². The van der Waals surface area contributed by atoms with E-state index >= 15 is 0 Å². The van der Waals surface area contributed by atoms with Gasteiger partial charge < -0.3 is 15.5 Å². The third-order valence-electron chi connectivity index (χ3n) is 4.56. The number of nitrogens with zero attached hydrogens (tertiary/aromatic N) is 4. The highest BCUT2D eigenvalue weighted by atomic mass is 19.1. The fraction of sp³-hybridized carbons (Fsp3) is 0.250. The summed E-state index contributed by atoms with van der Waals surface area (Å²) in [6.45, 7) is 2.54. The fourth-order valence-electron chi connectivity index (χ4n) is 3.13. The van der Waals surface area contributed by atoms with Gasteiger partial charge in [0.1, 0.15) is 5.82 Å². The molecule has 0 atom stereocenters. The number of benzene rings is 2. The van der Waals surface area contributed by atoms with Gasteiger partial charge in [0.2, 0.25) is 5.95 Å². The van der Waals surface area contributed by atoms with E-state index in [9.17, 15) is 4.39 Å². The van der Waals surface area contributed by atoms with Crippen LogP contribution >= 0.6 is 0 Å². The zero-order valence-corrected chi connectivity index (χ0v) is 14.9. The van der Waals surface area contributed by atoms with E-state index < -0.39 is 0 Å². The van der Waals surface area contributed by atoms with Crippen LogP contribution in [0.5, 0.6) is 0 Å². The predicted molar refractivity (Wildman–Crippen MR) is 105 cm³/mol. The molecule has 2 heterocycles. The summed E-state index contributed by atoms with van der Waals surface area (Å²) in [7, 11) is 0. The summed E-state index contributed by atoms with van der Waals surface area (Å²) in [5, 5.41) is 14.1. The smallest absolute Gasteiger partial charge is 0.244 e. The molecule has 1 saturated heterocycles. The molecule has 7 heteroatoms. The molecule has 2 N–H and O–H groups in total. The van der Waals surface area contributed by atoms with Gasteiger partial charge in [-0.15, -0.1) is 5.10 Å². The standard InChI is InChI=1S/C20H21FN6/c21-18-6-2-1-5-15(18)13-22-20-25-19(14-23-26-20)24-16-7-9-17(10-8-16)27-11-3-4-12-27/h1-2,5-10,14H,3-4,11-13H2,(H2,22,24,25,26). The molecule has 4 rings (SSSR count). The van der Waals surface area contributed by atoms with Crippen LogP contribution < -0.4 is 15.5 Å². The summed E-state index contributed by atoms with van der Waals surface area (Å²) in [5.74, 6) is 0.664. The highest BCUT2D eigenvalue weighted by Gasteiger charge is 2.12. The van der Waals surface area contributed by atoms with Gasteiger partial charge in [-0.1, -0.05) is 18.2 Å². The van der Waals surface area contributed by atoms with E-state index in [0.29, 0.717) is 23.9 Å². The van der Waals surface area contributed by atoms with Crippen LogP contribution in [0.1, 0.15) is 18.4 Å². The Morgan fingerprint density at radius 1 is 1.00 bits per heavy atom. The van der Waals surface area contributed by atoms with Crippen LogP contribution in [0.3, 0.4) is 0 Å². The average molecular weight is 364 g/mol. The van der Waals surface area contributed by atoms with Crippen LogP contribution in [0, 0.1) is 5.82 Å². The van der Waals surface area contributed by atoms with E-state index in [0.717, 1.165) is 18.8 Å². The molecule has 2 aromatic carbocycles. The Bertz CT molecular complexity index is 893. The van der Waals surface area contributed by atoms with Gasteiger partial charge >= 0.3 is 0 Å². The number of rotatable bonds is 6. The Kier molecular flexibility index (Phi) is 5.09. The van der Waals surface area contributed by atoms with Crippen molar-refractivity contribution >= 4 is 23.1 Å². The quantitative estimate of drug-likeness (QED) is 0.690. The molecule has 1 aromatic heterocycles. The van der Waals surface area contributed by atoms with Gasteiger partial charge in [-0.25, -0.2) is 4.39 Å². The highest BCUT2D eigenvalue weighted by molar-refractivity contribution is 5.61. The van der Waals surface area contributed by atoms with E-state index in [-0.39, 0.29) is 5.82 Å². The van der Waals surface area contributed by atoms with E-state index in [1.165, 1.54) is 24.6 Å². The van der Waals surface area contributed by atoms with Gasteiger partial charge in [0, 0.05) is 36.6 Å². The van der Waals surface area contributed by atoms with Crippen LogP contribution in [0.2, 0.25) is 0 Å². The lowest BCUT2D eigenvalue weighted by atomic mass is 10.2. The largest absolute Gasteiger partial charge is 0.372 e. The Morgan fingerprint density at radius 3 is 2.56 bits per heavy atom. The Hall–Kier alpha value is -3.22. The number of hydrogen-bond acceptors (Lipinski definition) is 6. The van der Waals surface area contributed by atoms with Gasteiger partial charge in [0.05, 0.1) is 6.20 Å². The first kappa shape index (κ1) is 17.2. The molecule has 0 unspecified atom stereocenters. The first-order valence-corrected chi connectivity index (χ1v) is 9.07. The van der Waals surface area contributed by atoms with E-state index in [1.54, 1.807) is 24.4 Å². The van der Waals surface area contributed by atoms with Crippen molar-refractivity contribution < 1.29 is 4.39 Å². The van der Waals surface area contributed by atoms with Gasteiger partial charge in [0.15, 0.2) is 5.82 Å². The van der Waals surface area contributed by atoms with Gasteiger partial charge in [0.25, 0.3) is 0 Å². The number of hydrogen-bond donors (Lipinski definition) is 2.